The predicted octanol–water partition coefficient (Wildman–Crippen LogP) is 4.62. The van der Waals surface area contributed by atoms with E-state index in [-0.39, 0.29) is 17.4 Å². The van der Waals surface area contributed by atoms with Crippen LogP contribution in [0, 0.1) is 18.6 Å². The fraction of sp³-hybridized carbons (Fsp3) is 0.261. The van der Waals surface area contributed by atoms with Crippen LogP contribution in [0.2, 0.25) is 0 Å². The summed E-state index contributed by atoms with van der Waals surface area (Å²) in [5.74, 6) is -1.71. The number of amides is 2. The third-order valence-corrected chi connectivity index (χ3v) is 7.04. The van der Waals surface area contributed by atoms with E-state index in [0.717, 1.165) is 33.5 Å². The van der Waals surface area contributed by atoms with Crippen molar-refractivity contribution in [2.75, 3.05) is 26.2 Å². The molecule has 0 N–H and O–H groups in total. The van der Waals surface area contributed by atoms with Crippen LogP contribution < -0.4 is 0 Å². The van der Waals surface area contributed by atoms with E-state index in [1.54, 1.807) is 32.9 Å². The van der Waals surface area contributed by atoms with Gasteiger partial charge < -0.3 is 9.80 Å². The first-order valence-corrected chi connectivity index (χ1v) is 11.9. The third kappa shape index (κ3) is 5.16. The first-order valence-electron chi connectivity index (χ1n) is 10.1. The van der Waals surface area contributed by atoms with Crippen LogP contribution in [-0.2, 0) is 5.75 Å². The summed E-state index contributed by atoms with van der Waals surface area (Å²) in [6.07, 6.45) is 0. The lowest BCUT2D eigenvalue weighted by molar-refractivity contribution is 0.0535. The maximum Gasteiger partial charge on any atom is 0.254 e. The van der Waals surface area contributed by atoms with Crippen molar-refractivity contribution in [2.45, 2.75) is 17.6 Å². The number of thioether (sulfide) groups is 1. The highest BCUT2D eigenvalue weighted by atomic mass is 32.2. The number of piperazine rings is 1. The number of aromatic nitrogens is 1. The van der Waals surface area contributed by atoms with Crippen molar-refractivity contribution < 1.29 is 18.4 Å². The number of thiazole rings is 1. The van der Waals surface area contributed by atoms with Gasteiger partial charge in [0.15, 0.2) is 11.6 Å². The normalized spacial score (nSPS) is 14.0. The van der Waals surface area contributed by atoms with E-state index < -0.39 is 11.6 Å². The number of nitrogens with zero attached hydrogens (tertiary/aromatic N) is 3. The summed E-state index contributed by atoms with van der Waals surface area (Å²) < 4.78 is 26.5. The van der Waals surface area contributed by atoms with Gasteiger partial charge >= 0.3 is 0 Å². The van der Waals surface area contributed by atoms with Gasteiger partial charge in [-0.3, -0.25) is 9.59 Å². The van der Waals surface area contributed by atoms with Crippen molar-refractivity contribution in [3.8, 4) is 0 Å². The second kappa shape index (κ2) is 9.79. The molecule has 1 saturated heterocycles. The lowest BCUT2D eigenvalue weighted by atomic mass is 10.1. The number of aryl methyl sites for hydroxylation is 1. The largest absolute Gasteiger partial charge is 0.335 e. The Morgan fingerprint density at radius 1 is 0.938 bits per heavy atom. The molecule has 4 rings (SSSR count). The monoisotopic (exact) mass is 473 g/mol. The molecule has 0 atom stereocenters. The summed E-state index contributed by atoms with van der Waals surface area (Å²) in [5, 5.41) is 3.10. The molecule has 166 valence electrons. The second-order valence-corrected chi connectivity index (χ2v) is 9.50. The second-order valence-electron chi connectivity index (χ2n) is 7.38. The maximum absolute atomic E-state index is 13.4. The first-order chi connectivity index (χ1) is 15.4. The van der Waals surface area contributed by atoms with Gasteiger partial charge in [-0.15, -0.1) is 23.1 Å². The standard InChI is InChI=1S/C23H21F2N3O2S2/c1-15-26-18(13-31-15)14-32-19-5-2-16(3-6-19)22(29)27-8-10-28(11-9-27)23(30)17-4-7-20(24)21(25)12-17/h2-7,12-13H,8-11,14H2,1H3. The van der Waals surface area contributed by atoms with Crippen LogP contribution in [0.5, 0.6) is 0 Å². The smallest absolute Gasteiger partial charge is 0.254 e. The molecule has 9 heteroatoms. The topological polar surface area (TPSA) is 53.5 Å². The van der Waals surface area contributed by atoms with E-state index in [9.17, 15) is 18.4 Å². The SMILES string of the molecule is Cc1nc(CSc2ccc(C(=O)N3CCN(C(=O)c4ccc(F)c(F)c4)CC3)cc2)cs1. The van der Waals surface area contributed by atoms with E-state index in [1.807, 2.05) is 31.2 Å². The van der Waals surface area contributed by atoms with Crippen LogP contribution >= 0.6 is 23.1 Å². The maximum atomic E-state index is 13.4. The lowest BCUT2D eigenvalue weighted by Gasteiger charge is -2.35. The number of halogens is 2. The van der Waals surface area contributed by atoms with E-state index in [2.05, 4.69) is 10.4 Å². The van der Waals surface area contributed by atoms with E-state index in [1.165, 1.54) is 6.07 Å². The minimum absolute atomic E-state index is 0.0865. The minimum atomic E-state index is -1.05. The predicted molar refractivity (Wildman–Crippen MR) is 121 cm³/mol. The summed E-state index contributed by atoms with van der Waals surface area (Å²) in [4.78, 5) is 34.1. The number of hydrogen-bond acceptors (Lipinski definition) is 5. The average Bonchev–Trinajstić information content (AvgIpc) is 3.24. The molecule has 1 aromatic heterocycles. The Bertz CT molecular complexity index is 1130. The molecule has 0 saturated carbocycles. The molecule has 1 aliphatic rings. The van der Waals surface area contributed by atoms with Gasteiger partial charge in [0.2, 0.25) is 0 Å². The van der Waals surface area contributed by atoms with E-state index in [4.69, 9.17) is 0 Å². The zero-order valence-electron chi connectivity index (χ0n) is 17.4. The van der Waals surface area contributed by atoms with Crippen LogP contribution in [0.15, 0.2) is 52.7 Å². The van der Waals surface area contributed by atoms with Crippen LogP contribution in [-0.4, -0.2) is 52.8 Å². The van der Waals surface area contributed by atoms with E-state index in [0.29, 0.717) is 31.7 Å². The highest BCUT2D eigenvalue weighted by Crippen LogP contribution is 2.24. The van der Waals surface area contributed by atoms with Gasteiger partial charge in [0.1, 0.15) is 0 Å². The number of carbonyl (C=O) groups is 2. The summed E-state index contributed by atoms with van der Waals surface area (Å²) in [5.41, 5.74) is 1.75. The van der Waals surface area contributed by atoms with Crippen LogP contribution in [0.4, 0.5) is 8.78 Å². The molecule has 0 unspecified atom stereocenters. The van der Waals surface area contributed by atoms with Crippen LogP contribution in [0.3, 0.4) is 0 Å². The summed E-state index contributed by atoms with van der Waals surface area (Å²) in [6.45, 7) is 3.43. The molecule has 1 aliphatic heterocycles. The van der Waals surface area contributed by atoms with Gasteiger partial charge in [-0.2, -0.15) is 0 Å². The fourth-order valence-electron chi connectivity index (χ4n) is 3.43. The Morgan fingerprint density at radius 2 is 1.53 bits per heavy atom. The van der Waals surface area contributed by atoms with Gasteiger partial charge in [-0.05, 0) is 49.4 Å². The molecular formula is C23H21F2N3O2S2. The molecule has 1 fully saturated rings. The summed E-state index contributed by atoms with van der Waals surface area (Å²) in [7, 11) is 0. The number of hydrogen-bond donors (Lipinski definition) is 0. The highest BCUT2D eigenvalue weighted by molar-refractivity contribution is 7.98. The third-order valence-electron chi connectivity index (χ3n) is 5.18. The Balaban J connectivity index is 1.30. The zero-order chi connectivity index (χ0) is 22.7. The number of rotatable bonds is 5. The molecule has 5 nitrogen and oxygen atoms in total. The van der Waals surface area contributed by atoms with Crippen LogP contribution in [0.25, 0.3) is 0 Å². The van der Waals surface area contributed by atoms with Gasteiger partial charge in [-0.1, -0.05) is 0 Å². The minimum Gasteiger partial charge on any atom is -0.335 e. The Hall–Kier alpha value is -2.78. The Kier molecular flexibility index (Phi) is 6.86. The van der Waals surface area contributed by atoms with Crippen molar-refractivity contribution >= 4 is 34.9 Å². The van der Waals surface area contributed by atoms with Gasteiger partial charge in [0.25, 0.3) is 11.8 Å². The van der Waals surface area contributed by atoms with Gasteiger partial charge in [0, 0.05) is 53.3 Å². The molecule has 32 heavy (non-hydrogen) atoms. The molecule has 0 aliphatic carbocycles. The molecule has 0 bridgehead atoms. The molecular weight excluding hydrogens is 452 g/mol. The lowest BCUT2D eigenvalue weighted by Crippen LogP contribution is -2.50. The summed E-state index contributed by atoms with van der Waals surface area (Å²) in [6, 6.07) is 10.6. The molecule has 2 aromatic carbocycles. The first kappa shape index (κ1) is 22.4. The van der Waals surface area contributed by atoms with Crippen molar-refractivity contribution in [1.29, 1.82) is 0 Å². The number of benzene rings is 2. The van der Waals surface area contributed by atoms with Gasteiger partial charge in [0.05, 0.1) is 10.7 Å². The molecule has 0 spiro atoms. The Morgan fingerprint density at radius 3 is 2.09 bits per heavy atom. The molecule has 2 amide bonds. The van der Waals surface area contributed by atoms with Gasteiger partial charge in [-0.25, -0.2) is 13.8 Å². The van der Waals surface area contributed by atoms with Crippen molar-refractivity contribution in [1.82, 2.24) is 14.8 Å². The average molecular weight is 474 g/mol. The zero-order valence-corrected chi connectivity index (χ0v) is 19.0. The van der Waals surface area contributed by atoms with E-state index >= 15 is 0 Å². The van der Waals surface area contributed by atoms with Crippen molar-refractivity contribution in [3.05, 3.63) is 81.3 Å². The highest BCUT2D eigenvalue weighted by Gasteiger charge is 2.26. The molecule has 0 radical (unpaired) electrons. The van der Waals surface area contributed by atoms with Crippen LogP contribution in [0.1, 0.15) is 31.4 Å². The quantitative estimate of drug-likeness (QED) is 0.508. The summed E-state index contributed by atoms with van der Waals surface area (Å²) >= 11 is 3.30. The Labute approximate surface area is 193 Å². The molecule has 2 heterocycles. The van der Waals surface area contributed by atoms with Crippen molar-refractivity contribution in [3.63, 3.8) is 0 Å². The van der Waals surface area contributed by atoms with Crippen molar-refractivity contribution in [2.24, 2.45) is 0 Å². The number of carbonyl (C=O) groups excluding carboxylic acids is 2. The molecule has 3 aromatic rings. The fourth-order valence-corrected chi connectivity index (χ4v) is 4.94.